The number of benzene rings is 1. The predicted octanol–water partition coefficient (Wildman–Crippen LogP) is 2.48. The van der Waals surface area contributed by atoms with Crippen LogP contribution in [0.1, 0.15) is 25.0 Å². The lowest BCUT2D eigenvalue weighted by Crippen LogP contribution is -2.14. The number of nitrogens with zero attached hydrogens (tertiary/aromatic N) is 2. The topological polar surface area (TPSA) is 92.2 Å². The molecule has 0 radical (unpaired) electrons. The molecule has 1 atom stereocenters. The molecule has 1 aromatic heterocycles. The lowest BCUT2D eigenvalue weighted by atomic mass is 10.1. The zero-order valence-electron chi connectivity index (χ0n) is 11.2. The number of aliphatic hydroxyl groups is 1. The first-order chi connectivity index (χ1) is 9.92. The summed E-state index contributed by atoms with van der Waals surface area (Å²) in [5.41, 5.74) is 0.558. The smallest absolute Gasteiger partial charge is 0.263 e. The Kier molecular flexibility index (Phi) is 4.92. The van der Waals surface area contributed by atoms with E-state index >= 15 is 0 Å². The van der Waals surface area contributed by atoms with E-state index in [1.54, 1.807) is 12.1 Å². The second-order valence-electron chi connectivity index (χ2n) is 4.33. The fourth-order valence-corrected chi connectivity index (χ4v) is 2.94. The maximum absolute atomic E-state index is 12.3. The third-order valence-electron chi connectivity index (χ3n) is 2.80. The molecule has 0 aliphatic heterocycles. The number of nitrogens with one attached hydrogen (secondary N) is 1. The summed E-state index contributed by atoms with van der Waals surface area (Å²) in [4.78, 5) is 7.88. The van der Waals surface area contributed by atoms with Crippen LogP contribution in [0.3, 0.4) is 0 Å². The maximum Gasteiger partial charge on any atom is 0.263 e. The van der Waals surface area contributed by atoms with Gasteiger partial charge < -0.3 is 5.11 Å². The van der Waals surface area contributed by atoms with Crippen molar-refractivity contribution in [2.75, 3.05) is 4.72 Å². The van der Waals surface area contributed by atoms with Gasteiger partial charge in [-0.15, -0.1) is 0 Å². The van der Waals surface area contributed by atoms with Gasteiger partial charge in [-0.25, -0.2) is 18.4 Å². The van der Waals surface area contributed by atoms with Crippen molar-refractivity contribution in [1.29, 1.82) is 0 Å². The van der Waals surface area contributed by atoms with E-state index < -0.39 is 16.1 Å². The van der Waals surface area contributed by atoms with E-state index in [4.69, 9.17) is 0 Å². The van der Waals surface area contributed by atoms with Crippen molar-refractivity contribution in [3.8, 4) is 0 Å². The summed E-state index contributed by atoms with van der Waals surface area (Å²) in [6, 6.07) is 6.19. The molecule has 0 fully saturated rings. The van der Waals surface area contributed by atoms with Gasteiger partial charge in [0.15, 0.2) is 5.82 Å². The van der Waals surface area contributed by atoms with Crippen molar-refractivity contribution in [3.63, 3.8) is 0 Å². The van der Waals surface area contributed by atoms with Gasteiger partial charge in [0.05, 0.1) is 23.4 Å². The molecule has 2 N–H and O–H groups in total. The minimum atomic E-state index is -3.77. The summed E-state index contributed by atoms with van der Waals surface area (Å²) in [5.74, 6) is 0.125. The fraction of sp³-hybridized carbons (Fsp3) is 0.231. The lowest BCUT2D eigenvalue weighted by molar-refractivity contribution is 0.173. The lowest BCUT2D eigenvalue weighted by Gasteiger charge is -2.11. The van der Waals surface area contributed by atoms with E-state index in [1.165, 1.54) is 24.5 Å². The summed E-state index contributed by atoms with van der Waals surface area (Å²) in [7, 11) is -3.77. The molecule has 112 valence electrons. The average Bonchev–Trinajstić information content (AvgIpc) is 2.49. The van der Waals surface area contributed by atoms with Gasteiger partial charge in [-0.05, 0) is 40.0 Å². The first-order valence-electron chi connectivity index (χ1n) is 6.21. The Balaban J connectivity index is 2.29. The third-order valence-corrected chi connectivity index (χ3v) is 4.56. The van der Waals surface area contributed by atoms with Gasteiger partial charge >= 0.3 is 0 Å². The Morgan fingerprint density at radius 1 is 1.33 bits per heavy atom. The van der Waals surface area contributed by atoms with E-state index in [9.17, 15) is 13.5 Å². The molecule has 8 heteroatoms. The van der Waals surface area contributed by atoms with Crippen LogP contribution in [-0.2, 0) is 10.0 Å². The van der Waals surface area contributed by atoms with Crippen molar-refractivity contribution in [3.05, 3.63) is 46.8 Å². The third kappa shape index (κ3) is 3.99. The van der Waals surface area contributed by atoms with Crippen LogP contribution in [0.15, 0.2) is 46.2 Å². The number of aromatic nitrogens is 2. The minimum Gasteiger partial charge on any atom is -0.388 e. The van der Waals surface area contributed by atoms with Crippen molar-refractivity contribution < 1.29 is 13.5 Å². The van der Waals surface area contributed by atoms with Crippen molar-refractivity contribution in [1.82, 2.24) is 9.97 Å². The summed E-state index contributed by atoms with van der Waals surface area (Å²) in [6.07, 6.45) is 2.53. The van der Waals surface area contributed by atoms with E-state index in [0.29, 0.717) is 16.6 Å². The second kappa shape index (κ2) is 6.50. The molecule has 0 aliphatic rings. The molecule has 0 bridgehead atoms. The van der Waals surface area contributed by atoms with E-state index in [-0.39, 0.29) is 10.7 Å². The van der Waals surface area contributed by atoms with Crippen LogP contribution < -0.4 is 4.72 Å². The highest BCUT2D eigenvalue weighted by atomic mass is 79.9. The predicted molar refractivity (Wildman–Crippen MR) is 82.2 cm³/mol. The van der Waals surface area contributed by atoms with Crippen LogP contribution >= 0.6 is 15.9 Å². The Labute approximate surface area is 131 Å². The number of rotatable bonds is 5. The molecule has 2 rings (SSSR count). The van der Waals surface area contributed by atoms with Crippen LogP contribution in [0.2, 0.25) is 0 Å². The van der Waals surface area contributed by atoms with Gasteiger partial charge in [0.25, 0.3) is 10.0 Å². The first kappa shape index (κ1) is 15.9. The Morgan fingerprint density at radius 3 is 2.71 bits per heavy atom. The SMILES string of the molecule is CCC(O)c1cccc(S(=O)(=O)Nc2cnc(Br)cn2)c1. The number of hydrogen-bond acceptors (Lipinski definition) is 5. The van der Waals surface area contributed by atoms with E-state index in [2.05, 4.69) is 30.6 Å². The maximum atomic E-state index is 12.3. The van der Waals surface area contributed by atoms with Crippen LogP contribution in [0.5, 0.6) is 0 Å². The molecule has 0 spiro atoms. The largest absolute Gasteiger partial charge is 0.388 e. The van der Waals surface area contributed by atoms with Crippen LogP contribution in [-0.4, -0.2) is 23.5 Å². The van der Waals surface area contributed by atoms with Gasteiger partial charge in [-0.2, -0.15) is 0 Å². The average molecular weight is 372 g/mol. The number of halogens is 1. The number of sulfonamides is 1. The van der Waals surface area contributed by atoms with Crippen LogP contribution in [0.4, 0.5) is 5.82 Å². The quantitative estimate of drug-likeness (QED) is 0.841. The van der Waals surface area contributed by atoms with Crippen molar-refractivity contribution >= 4 is 31.8 Å². The zero-order chi connectivity index (χ0) is 15.5. The minimum absolute atomic E-state index is 0.0669. The molecular weight excluding hydrogens is 358 g/mol. The standard InChI is InChI=1S/C13H14BrN3O3S/c1-2-11(18)9-4-3-5-10(6-9)21(19,20)17-13-8-15-12(14)7-16-13/h3-8,11,18H,2H2,1H3,(H,16,17). The molecule has 0 saturated carbocycles. The second-order valence-corrected chi connectivity index (χ2v) is 6.82. The monoisotopic (exact) mass is 371 g/mol. The molecule has 2 aromatic rings. The summed E-state index contributed by atoms with van der Waals surface area (Å²) in [5, 5.41) is 9.80. The van der Waals surface area contributed by atoms with Gasteiger partial charge in [0, 0.05) is 0 Å². The normalized spacial score (nSPS) is 12.9. The fourth-order valence-electron chi connectivity index (χ4n) is 1.69. The molecule has 0 saturated heterocycles. The van der Waals surface area contributed by atoms with E-state index in [1.807, 2.05) is 6.92 Å². The molecular formula is C13H14BrN3O3S. The first-order valence-corrected chi connectivity index (χ1v) is 8.48. The zero-order valence-corrected chi connectivity index (χ0v) is 13.6. The highest BCUT2D eigenvalue weighted by Crippen LogP contribution is 2.21. The number of hydrogen-bond donors (Lipinski definition) is 2. The molecule has 6 nitrogen and oxygen atoms in total. The van der Waals surface area contributed by atoms with Gasteiger partial charge in [-0.1, -0.05) is 19.1 Å². The Hall–Kier alpha value is -1.51. The summed E-state index contributed by atoms with van der Waals surface area (Å²) < 4.78 is 27.4. The molecule has 1 unspecified atom stereocenters. The molecule has 0 aliphatic carbocycles. The van der Waals surface area contributed by atoms with Crippen LogP contribution in [0, 0.1) is 0 Å². The van der Waals surface area contributed by atoms with Gasteiger partial charge in [0.1, 0.15) is 4.60 Å². The Morgan fingerprint density at radius 2 is 2.10 bits per heavy atom. The highest BCUT2D eigenvalue weighted by Gasteiger charge is 2.17. The highest BCUT2D eigenvalue weighted by molar-refractivity contribution is 9.10. The van der Waals surface area contributed by atoms with Crippen molar-refractivity contribution in [2.45, 2.75) is 24.3 Å². The summed E-state index contributed by atoms with van der Waals surface area (Å²) >= 11 is 3.12. The molecule has 0 amide bonds. The molecule has 1 aromatic carbocycles. The van der Waals surface area contributed by atoms with Crippen molar-refractivity contribution in [2.24, 2.45) is 0 Å². The van der Waals surface area contributed by atoms with Gasteiger partial charge in [0.2, 0.25) is 0 Å². The van der Waals surface area contributed by atoms with E-state index in [0.717, 1.165) is 0 Å². The van der Waals surface area contributed by atoms with Crippen LogP contribution in [0.25, 0.3) is 0 Å². The Bertz CT molecular complexity index is 720. The van der Waals surface area contributed by atoms with Gasteiger partial charge in [-0.3, -0.25) is 4.72 Å². The molecule has 1 heterocycles. The number of aliphatic hydroxyl groups excluding tert-OH is 1. The summed E-state index contributed by atoms with van der Waals surface area (Å²) in [6.45, 7) is 1.82. The number of anilines is 1. The molecule has 21 heavy (non-hydrogen) atoms.